The average molecular weight is 693 g/mol. The lowest BCUT2D eigenvalue weighted by Gasteiger charge is -2.21. The Morgan fingerprint density at radius 2 is 0.720 bits per heavy atom. The number of fused-ring (bicyclic) bond motifs is 6. The van der Waals surface area contributed by atoms with Crippen molar-refractivity contribution in [1.82, 2.24) is 4.98 Å². The van der Waals surface area contributed by atoms with E-state index < -0.39 is 79.8 Å². The summed E-state index contributed by atoms with van der Waals surface area (Å²) < 4.78 is -0.435. The van der Waals surface area contributed by atoms with E-state index in [1.54, 1.807) is 39.2 Å². The number of nitrogens with one attached hydrogen (secondary N) is 1. The van der Waals surface area contributed by atoms with Gasteiger partial charge in [0.25, 0.3) is 0 Å². The van der Waals surface area contributed by atoms with E-state index >= 15 is 0 Å². The SMILES string of the molecule is Bc1c(B)c(O)c(-c2c(B)c(B)c3[nH]c4c(O)c5c(sc6c(O)c(O)c(-c7c(O)c(O)c(O)c(O)c7O)c(O)c65)c(O)c4c3c2O)c(B)c1O. The van der Waals surface area contributed by atoms with Crippen LogP contribution in [0.1, 0.15) is 0 Å². The first kappa shape index (κ1) is 32.4. The highest BCUT2D eigenvalue weighted by molar-refractivity contribution is 7.26. The standard InChI is InChI=1S/C30H24B5NO13S/c31-9-1(2-10(32)24(45)13(35)12(34)18(2)39)16(37)3-4-15(36-14(3)11(9)33)19(40)8-7-17(38)5(6-20(41)25(46)27(48)26(47)21(6)42)22(43)28(49)30(7)50-29(8)23(4)44/h36-49H,31-35H2. The molecule has 0 fully saturated rings. The van der Waals surface area contributed by atoms with Crippen LogP contribution in [0.5, 0.6) is 74.7 Å². The fourth-order valence-corrected chi connectivity index (χ4v) is 8.12. The Morgan fingerprint density at radius 3 is 1.32 bits per heavy atom. The highest BCUT2D eigenvalue weighted by atomic mass is 32.1. The van der Waals surface area contributed by atoms with Gasteiger partial charge in [-0.05, 0) is 5.46 Å². The van der Waals surface area contributed by atoms with Gasteiger partial charge in [0, 0.05) is 16.6 Å². The molecule has 2 heterocycles. The van der Waals surface area contributed by atoms with Crippen LogP contribution in [-0.2, 0) is 0 Å². The lowest BCUT2D eigenvalue weighted by atomic mass is 9.68. The van der Waals surface area contributed by atoms with Crippen molar-refractivity contribution in [2.75, 3.05) is 0 Å². The van der Waals surface area contributed by atoms with Crippen molar-refractivity contribution in [2.45, 2.75) is 0 Å². The summed E-state index contributed by atoms with van der Waals surface area (Å²) in [5.41, 5.74) is 0.718. The van der Waals surface area contributed by atoms with Gasteiger partial charge < -0.3 is 71.4 Å². The average Bonchev–Trinajstić information content (AvgIpc) is 3.70. The van der Waals surface area contributed by atoms with E-state index in [4.69, 9.17) is 0 Å². The van der Waals surface area contributed by atoms with Crippen LogP contribution in [0.4, 0.5) is 0 Å². The molecule has 0 aliphatic rings. The fraction of sp³-hybridized carbons (Fsp3) is 0. The van der Waals surface area contributed by atoms with Gasteiger partial charge in [0.05, 0.1) is 47.6 Å². The zero-order valence-electron chi connectivity index (χ0n) is 26.7. The molecule has 2 aromatic heterocycles. The number of aromatic hydroxyl groups is 13. The molecule has 20 heteroatoms. The highest BCUT2D eigenvalue weighted by Crippen LogP contribution is 2.63. The largest absolute Gasteiger partial charge is 0.509 e. The highest BCUT2D eigenvalue weighted by Gasteiger charge is 2.34. The fourth-order valence-electron chi connectivity index (χ4n) is 6.92. The summed E-state index contributed by atoms with van der Waals surface area (Å²) in [5, 5.41) is 142. The second-order valence-corrected chi connectivity index (χ2v) is 13.3. The molecule has 0 radical (unpaired) electrons. The summed E-state index contributed by atoms with van der Waals surface area (Å²) in [6.45, 7) is 0. The van der Waals surface area contributed by atoms with Crippen molar-refractivity contribution >= 4 is 120 Å². The van der Waals surface area contributed by atoms with Gasteiger partial charge in [0.1, 0.15) is 73.7 Å². The van der Waals surface area contributed by atoms with Gasteiger partial charge in [0.15, 0.2) is 23.0 Å². The molecule has 0 aliphatic heterocycles. The Bertz CT molecular complexity index is 2510. The van der Waals surface area contributed by atoms with Gasteiger partial charge >= 0.3 is 0 Å². The van der Waals surface area contributed by atoms with Crippen molar-refractivity contribution in [3.05, 3.63) is 0 Å². The van der Waals surface area contributed by atoms with Crippen LogP contribution < -0.4 is 27.3 Å². The van der Waals surface area contributed by atoms with Crippen molar-refractivity contribution in [3.63, 3.8) is 0 Å². The van der Waals surface area contributed by atoms with Crippen molar-refractivity contribution in [2.24, 2.45) is 0 Å². The molecule has 248 valence electrons. The van der Waals surface area contributed by atoms with E-state index in [0.29, 0.717) is 33.2 Å². The molecule has 0 atom stereocenters. The number of phenols is 13. The number of H-pyrrole nitrogens is 1. The van der Waals surface area contributed by atoms with Gasteiger partial charge in [-0.2, -0.15) is 0 Å². The van der Waals surface area contributed by atoms with Gasteiger partial charge in [-0.3, -0.25) is 0 Å². The molecule has 0 bridgehead atoms. The number of thiophene rings is 1. The van der Waals surface area contributed by atoms with Crippen molar-refractivity contribution in [3.8, 4) is 97.0 Å². The van der Waals surface area contributed by atoms with Gasteiger partial charge in [-0.15, -0.1) is 11.3 Å². The molecule has 7 aromatic rings. The maximum absolute atomic E-state index is 11.9. The maximum atomic E-state index is 11.9. The molecule has 14 nitrogen and oxygen atoms in total. The molecule has 0 aliphatic carbocycles. The number of hydrogen-bond donors (Lipinski definition) is 14. The molecular weight excluding hydrogens is 668 g/mol. The minimum absolute atomic E-state index is 0.0312. The molecule has 7 rings (SSSR count). The van der Waals surface area contributed by atoms with Crippen LogP contribution in [-0.4, -0.2) is 111 Å². The third-order valence-corrected chi connectivity index (χ3v) is 11.1. The minimum atomic E-state index is -1.33. The van der Waals surface area contributed by atoms with Crippen LogP contribution in [0.15, 0.2) is 0 Å². The summed E-state index contributed by atoms with van der Waals surface area (Å²) in [6.07, 6.45) is 0. The predicted octanol–water partition coefficient (Wildman–Crippen LogP) is -3.51. The first-order valence-corrected chi connectivity index (χ1v) is 15.6. The van der Waals surface area contributed by atoms with Gasteiger partial charge in [0.2, 0.25) is 17.2 Å². The Labute approximate surface area is 287 Å². The maximum Gasteiger partial charge on any atom is 0.208 e. The monoisotopic (exact) mass is 693 g/mol. The van der Waals surface area contributed by atoms with E-state index in [2.05, 4.69) is 4.98 Å². The quantitative estimate of drug-likeness (QED) is 0.0476. The molecule has 50 heavy (non-hydrogen) atoms. The minimum Gasteiger partial charge on any atom is -0.509 e. The molecule has 0 saturated heterocycles. The summed E-state index contributed by atoms with van der Waals surface area (Å²) in [6, 6.07) is 0. The molecule has 5 aromatic carbocycles. The third-order valence-electron chi connectivity index (χ3n) is 9.88. The second-order valence-electron chi connectivity index (χ2n) is 12.3. The summed E-state index contributed by atoms with van der Waals surface area (Å²) in [4.78, 5) is 3.01. The Kier molecular flexibility index (Phi) is 6.60. The van der Waals surface area contributed by atoms with E-state index in [1.165, 1.54) is 0 Å². The van der Waals surface area contributed by atoms with Crippen LogP contribution >= 0.6 is 11.3 Å². The van der Waals surface area contributed by atoms with E-state index in [9.17, 15) is 66.4 Å². The third kappa shape index (κ3) is 3.67. The topological polar surface area (TPSA) is 279 Å². The summed E-state index contributed by atoms with van der Waals surface area (Å²) >= 11 is 0.617. The lowest BCUT2D eigenvalue weighted by molar-refractivity contribution is 0.329. The number of aromatic nitrogens is 1. The number of benzene rings is 5. The van der Waals surface area contributed by atoms with E-state index in [1.807, 2.05) is 0 Å². The molecule has 0 amide bonds. The summed E-state index contributed by atoms with van der Waals surface area (Å²) in [5.74, 6) is -11.4. The van der Waals surface area contributed by atoms with E-state index in [0.717, 1.165) is 0 Å². The molecule has 0 spiro atoms. The van der Waals surface area contributed by atoms with Crippen LogP contribution in [0.25, 0.3) is 64.2 Å². The van der Waals surface area contributed by atoms with Crippen LogP contribution in [0.3, 0.4) is 0 Å². The predicted molar refractivity (Wildman–Crippen MR) is 202 cm³/mol. The van der Waals surface area contributed by atoms with Gasteiger partial charge in [-0.1, -0.05) is 21.9 Å². The van der Waals surface area contributed by atoms with E-state index in [-0.39, 0.29) is 64.7 Å². The number of aromatic amines is 1. The molecule has 14 N–H and O–H groups in total. The Hall–Kier alpha value is -6.16. The Morgan fingerprint density at radius 1 is 0.300 bits per heavy atom. The van der Waals surface area contributed by atoms with Crippen LogP contribution in [0.2, 0.25) is 0 Å². The first-order valence-electron chi connectivity index (χ1n) is 14.8. The number of phenolic OH excluding ortho intramolecular Hbond substituents is 13. The smallest absolute Gasteiger partial charge is 0.208 e. The summed E-state index contributed by atoms with van der Waals surface area (Å²) in [7, 11) is 8.22. The normalized spacial score (nSPS) is 11.8. The molecule has 0 unspecified atom stereocenters. The zero-order chi connectivity index (χ0) is 36.7. The Balaban J connectivity index is 1.66. The van der Waals surface area contributed by atoms with Crippen molar-refractivity contribution < 1.29 is 66.4 Å². The first-order chi connectivity index (χ1) is 23.4. The van der Waals surface area contributed by atoms with Gasteiger partial charge in [-0.25, -0.2) is 0 Å². The molecule has 0 saturated carbocycles. The zero-order valence-corrected chi connectivity index (χ0v) is 27.5. The van der Waals surface area contributed by atoms with Crippen molar-refractivity contribution in [1.29, 1.82) is 0 Å². The second kappa shape index (κ2) is 10.2. The lowest BCUT2D eigenvalue weighted by Crippen LogP contribution is -2.35. The number of hydrogen-bond acceptors (Lipinski definition) is 14. The van der Waals surface area contributed by atoms with Crippen LogP contribution in [0, 0.1) is 0 Å². The molecular formula is C30H24B5NO13S. The number of rotatable bonds is 2.